The Morgan fingerprint density at radius 2 is 1.77 bits per heavy atom. The van der Waals surface area contributed by atoms with Crippen LogP contribution >= 0.6 is 0 Å². The van der Waals surface area contributed by atoms with Crippen LogP contribution in [0.5, 0.6) is 0 Å². The summed E-state index contributed by atoms with van der Waals surface area (Å²) in [5, 5.41) is 11.4. The molecule has 0 saturated carbocycles. The van der Waals surface area contributed by atoms with Gasteiger partial charge in [0.05, 0.1) is 5.69 Å². The second kappa shape index (κ2) is 8.73. The van der Waals surface area contributed by atoms with Crippen LogP contribution < -0.4 is 10.9 Å². The van der Waals surface area contributed by atoms with Crippen molar-refractivity contribution in [2.75, 3.05) is 0 Å². The Kier molecular flexibility index (Phi) is 5.70. The zero-order valence-corrected chi connectivity index (χ0v) is 16.7. The molecule has 2 aromatic carbocycles. The maximum Gasteiger partial charge on any atom is 0.293 e. The summed E-state index contributed by atoms with van der Waals surface area (Å²) >= 11 is 0. The highest BCUT2D eigenvalue weighted by atomic mass is 16.2. The molecule has 0 fully saturated rings. The number of benzene rings is 2. The van der Waals surface area contributed by atoms with Crippen molar-refractivity contribution in [3.05, 3.63) is 89.0 Å². The Morgan fingerprint density at radius 3 is 2.50 bits per heavy atom. The molecule has 0 aliphatic carbocycles. The third-order valence-corrected chi connectivity index (χ3v) is 4.97. The molecule has 7 nitrogen and oxygen atoms in total. The average molecular weight is 401 g/mol. The van der Waals surface area contributed by atoms with Gasteiger partial charge in [0.25, 0.3) is 5.56 Å². The zero-order valence-electron chi connectivity index (χ0n) is 16.7. The number of hydrogen-bond donors (Lipinski definition) is 1. The third kappa shape index (κ3) is 4.46. The number of hydrogen-bond acceptors (Lipinski definition) is 4. The molecule has 2 heterocycles. The van der Waals surface area contributed by atoms with Crippen LogP contribution in [-0.4, -0.2) is 31.3 Å². The van der Waals surface area contributed by atoms with Crippen molar-refractivity contribution in [1.29, 1.82) is 0 Å². The fraction of sp³-hybridized carbons (Fsp3) is 0.217. The summed E-state index contributed by atoms with van der Waals surface area (Å²) in [4.78, 5) is 25.2. The maximum atomic E-state index is 12.8. The van der Waals surface area contributed by atoms with Gasteiger partial charge < -0.3 is 5.32 Å². The SMILES string of the molecule is C[C@@H](CCc1ccccc1)NC(=O)Cn1ncn2nc(-c3ccccc3)cc2c1=O. The molecular weight excluding hydrogens is 378 g/mol. The number of aromatic nitrogens is 4. The molecule has 0 unspecified atom stereocenters. The van der Waals surface area contributed by atoms with E-state index in [-0.39, 0.29) is 24.1 Å². The lowest BCUT2D eigenvalue weighted by molar-refractivity contribution is -0.122. The maximum absolute atomic E-state index is 12.8. The van der Waals surface area contributed by atoms with Gasteiger partial charge in [-0.3, -0.25) is 9.59 Å². The topological polar surface area (TPSA) is 81.3 Å². The molecule has 0 aliphatic rings. The van der Waals surface area contributed by atoms with Crippen molar-refractivity contribution in [2.24, 2.45) is 0 Å². The number of aryl methyl sites for hydroxylation is 1. The van der Waals surface area contributed by atoms with Gasteiger partial charge in [-0.2, -0.15) is 10.2 Å². The number of nitrogens with one attached hydrogen (secondary N) is 1. The van der Waals surface area contributed by atoms with Crippen molar-refractivity contribution in [3.63, 3.8) is 0 Å². The summed E-state index contributed by atoms with van der Waals surface area (Å²) in [7, 11) is 0. The summed E-state index contributed by atoms with van der Waals surface area (Å²) in [6, 6.07) is 21.5. The van der Waals surface area contributed by atoms with Crippen molar-refractivity contribution < 1.29 is 4.79 Å². The number of amides is 1. The lowest BCUT2D eigenvalue weighted by Gasteiger charge is -2.14. The molecule has 7 heteroatoms. The van der Waals surface area contributed by atoms with Gasteiger partial charge in [-0.15, -0.1) is 0 Å². The first-order chi connectivity index (χ1) is 14.6. The number of rotatable bonds is 7. The molecule has 30 heavy (non-hydrogen) atoms. The van der Waals surface area contributed by atoms with E-state index in [4.69, 9.17) is 0 Å². The third-order valence-electron chi connectivity index (χ3n) is 4.97. The predicted molar refractivity (Wildman–Crippen MR) is 115 cm³/mol. The van der Waals surface area contributed by atoms with Crippen molar-refractivity contribution in [3.8, 4) is 11.3 Å². The van der Waals surface area contributed by atoms with Crippen LogP contribution in [0.4, 0.5) is 0 Å². The Hall–Kier alpha value is -3.74. The Balaban J connectivity index is 1.42. The van der Waals surface area contributed by atoms with E-state index < -0.39 is 0 Å². The molecule has 4 rings (SSSR count). The highest BCUT2D eigenvalue weighted by Crippen LogP contribution is 2.17. The summed E-state index contributed by atoms with van der Waals surface area (Å²) in [6.45, 7) is 1.83. The molecular formula is C23H23N5O2. The minimum absolute atomic E-state index is 0.00297. The fourth-order valence-electron chi connectivity index (χ4n) is 3.36. The summed E-state index contributed by atoms with van der Waals surface area (Å²) in [5.41, 5.74) is 2.87. The first-order valence-corrected chi connectivity index (χ1v) is 9.94. The largest absolute Gasteiger partial charge is 0.352 e. The summed E-state index contributed by atoms with van der Waals surface area (Å²) < 4.78 is 2.62. The highest BCUT2D eigenvalue weighted by molar-refractivity contribution is 5.76. The van der Waals surface area contributed by atoms with E-state index in [1.54, 1.807) is 6.07 Å². The normalized spacial score (nSPS) is 12.0. The summed E-state index contributed by atoms with van der Waals surface area (Å²) in [5.74, 6) is -0.239. The molecule has 1 N–H and O–H groups in total. The average Bonchev–Trinajstić information content (AvgIpc) is 3.21. The van der Waals surface area contributed by atoms with Crippen LogP contribution in [-0.2, 0) is 17.8 Å². The van der Waals surface area contributed by atoms with E-state index >= 15 is 0 Å². The Bertz CT molecular complexity index is 1200. The van der Waals surface area contributed by atoms with Gasteiger partial charge in [0.15, 0.2) is 0 Å². The van der Waals surface area contributed by atoms with Crippen LogP contribution in [0.2, 0.25) is 0 Å². The first kappa shape index (κ1) is 19.6. The monoisotopic (exact) mass is 401 g/mol. The smallest absolute Gasteiger partial charge is 0.293 e. The number of carbonyl (C=O) groups excluding carboxylic acids is 1. The molecule has 0 radical (unpaired) electrons. The van der Waals surface area contributed by atoms with Crippen LogP contribution in [0.1, 0.15) is 18.9 Å². The van der Waals surface area contributed by atoms with Crippen LogP contribution in [0, 0.1) is 0 Å². The van der Waals surface area contributed by atoms with Gasteiger partial charge in [-0.25, -0.2) is 9.20 Å². The molecule has 1 atom stereocenters. The highest BCUT2D eigenvalue weighted by Gasteiger charge is 2.13. The Labute approximate surface area is 174 Å². The van der Waals surface area contributed by atoms with Crippen molar-refractivity contribution in [2.45, 2.75) is 32.4 Å². The van der Waals surface area contributed by atoms with Crippen LogP contribution in [0.25, 0.3) is 16.8 Å². The van der Waals surface area contributed by atoms with E-state index in [1.807, 2.05) is 55.5 Å². The van der Waals surface area contributed by atoms with E-state index in [9.17, 15) is 9.59 Å². The fourth-order valence-corrected chi connectivity index (χ4v) is 3.36. The summed E-state index contributed by atoms with van der Waals surface area (Å²) in [6.07, 6.45) is 3.15. The van der Waals surface area contributed by atoms with Gasteiger partial charge in [-0.1, -0.05) is 60.7 Å². The van der Waals surface area contributed by atoms with Gasteiger partial charge in [0.1, 0.15) is 18.4 Å². The van der Waals surface area contributed by atoms with Crippen LogP contribution in [0.3, 0.4) is 0 Å². The molecule has 0 aliphatic heterocycles. The lowest BCUT2D eigenvalue weighted by atomic mass is 10.1. The molecule has 1 amide bonds. The number of nitrogens with zero attached hydrogens (tertiary/aromatic N) is 4. The quantitative estimate of drug-likeness (QED) is 0.516. The number of carbonyl (C=O) groups is 1. The molecule has 0 spiro atoms. The second-order valence-electron chi connectivity index (χ2n) is 7.31. The van der Waals surface area contributed by atoms with E-state index in [1.165, 1.54) is 21.1 Å². The van der Waals surface area contributed by atoms with Gasteiger partial charge in [0, 0.05) is 11.6 Å². The second-order valence-corrected chi connectivity index (χ2v) is 7.31. The molecule has 152 valence electrons. The minimum Gasteiger partial charge on any atom is -0.352 e. The molecule has 0 saturated heterocycles. The van der Waals surface area contributed by atoms with E-state index in [0.29, 0.717) is 11.2 Å². The molecule has 2 aromatic heterocycles. The van der Waals surface area contributed by atoms with Gasteiger partial charge >= 0.3 is 0 Å². The zero-order chi connectivity index (χ0) is 20.9. The number of fused-ring (bicyclic) bond motifs is 1. The van der Waals surface area contributed by atoms with Gasteiger partial charge in [0.2, 0.25) is 5.91 Å². The first-order valence-electron chi connectivity index (χ1n) is 9.94. The lowest BCUT2D eigenvalue weighted by Crippen LogP contribution is -2.38. The van der Waals surface area contributed by atoms with E-state index in [0.717, 1.165) is 18.4 Å². The van der Waals surface area contributed by atoms with Gasteiger partial charge in [-0.05, 0) is 31.4 Å². The van der Waals surface area contributed by atoms with E-state index in [2.05, 4.69) is 27.6 Å². The molecule has 4 aromatic rings. The van der Waals surface area contributed by atoms with Crippen molar-refractivity contribution >= 4 is 11.4 Å². The van der Waals surface area contributed by atoms with Crippen LogP contribution in [0.15, 0.2) is 77.9 Å². The Morgan fingerprint density at radius 1 is 1.07 bits per heavy atom. The predicted octanol–water partition coefficient (Wildman–Crippen LogP) is 2.70. The van der Waals surface area contributed by atoms with Crippen molar-refractivity contribution in [1.82, 2.24) is 24.7 Å². The standard InChI is InChI=1S/C23H23N5O2/c1-17(12-13-18-8-4-2-5-9-18)25-22(29)15-27-23(30)21-14-20(26-28(21)16-24-27)19-10-6-3-7-11-19/h2-11,14,16-17H,12-13,15H2,1H3,(H,25,29)/t17-/m0/s1. The minimum atomic E-state index is -0.348. The molecule has 0 bridgehead atoms.